The zero-order valence-corrected chi connectivity index (χ0v) is 7.37. The Morgan fingerprint density at radius 3 is 1.75 bits per heavy atom. The van der Waals surface area contributed by atoms with Gasteiger partial charge in [-0.2, -0.15) is 0 Å². The molecule has 0 heterocycles. The number of carbonyl (C=O) groups excluding carboxylic acids is 1. The van der Waals surface area contributed by atoms with E-state index in [4.69, 9.17) is 10.2 Å². The number of carbonyl (C=O) groups is 1. The zero-order valence-electron chi connectivity index (χ0n) is 7.37. The molecule has 5 heteroatoms. The van der Waals surface area contributed by atoms with E-state index in [1.807, 2.05) is 0 Å². The summed E-state index contributed by atoms with van der Waals surface area (Å²) in [6.07, 6.45) is -0.825. The van der Waals surface area contributed by atoms with E-state index in [0.717, 1.165) is 0 Å². The number of rotatable bonds is 4. The molecule has 0 aliphatic heterocycles. The average Bonchev–Trinajstić information content (AvgIpc) is 2.03. The van der Waals surface area contributed by atoms with E-state index < -0.39 is 18.5 Å². The Balaban J connectivity index is 3.59. The third-order valence-electron chi connectivity index (χ3n) is 1.37. The van der Waals surface area contributed by atoms with Gasteiger partial charge in [-0.1, -0.05) is 13.8 Å². The maximum absolute atomic E-state index is 10.8. The van der Waals surface area contributed by atoms with Gasteiger partial charge in [0.2, 0.25) is 0 Å². The molecule has 2 atom stereocenters. The highest BCUT2D eigenvalue weighted by Gasteiger charge is 2.08. The van der Waals surface area contributed by atoms with Gasteiger partial charge in [-0.3, -0.25) is 0 Å². The van der Waals surface area contributed by atoms with Gasteiger partial charge < -0.3 is 20.8 Å². The van der Waals surface area contributed by atoms with Gasteiger partial charge in [-0.25, -0.2) is 4.79 Å². The highest BCUT2D eigenvalue weighted by atomic mass is 16.3. The molecule has 72 valence electrons. The van der Waals surface area contributed by atoms with Crippen LogP contribution in [0.1, 0.15) is 26.7 Å². The second-order valence-corrected chi connectivity index (χ2v) is 2.47. The van der Waals surface area contributed by atoms with Crippen molar-refractivity contribution in [2.75, 3.05) is 0 Å². The Hall–Kier alpha value is -0.810. The molecular formula is C7H16N2O3. The van der Waals surface area contributed by atoms with Crippen molar-refractivity contribution in [2.24, 2.45) is 0 Å². The summed E-state index contributed by atoms with van der Waals surface area (Å²) in [4.78, 5) is 10.8. The number of nitrogens with one attached hydrogen (secondary N) is 2. The molecule has 0 spiro atoms. The first-order chi connectivity index (χ1) is 5.60. The molecular weight excluding hydrogens is 160 g/mol. The fraction of sp³-hybridized carbons (Fsp3) is 0.857. The molecule has 2 unspecified atom stereocenters. The molecule has 0 bridgehead atoms. The fourth-order valence-electron chi connectivity index (χ4n) is 0.548. The second-order valence-electron chi connectivity index (χ2n) is 2.47. The largest absolute Gasteiger partial charge is 0.374 e. The summed E-state index contributed by atoms with van der Waals surface area (Å²) in [5.74, 6) is 0. The van der Waals surface area contributed by atoms with Crippen LogP contribution < -0.4 is 10.6 Å². The Labute approximate surface area is 71.8 Å². The van der Waals surface area contributed by atoms with Crippen LogP contribution in [0, 0.1) is 0 Å². The smallest absolute Gasteiger partial charge is 0.318 e. The highest BCUT2D eigenvalue weighted by molar-refractivity contribution is 5.74. The Morgan fingerprint density at radius 1 is 1.17 bits per heavy atom. The van der Waals surface area contributed by atoms with Crippen LogP contribution in [0.4, 0.5) is 4.79 Å². The molecule has 0 aliphatic carbocycles. The fourth-order valence-corrected chi connectivity index (χ4v) is 0.548. The van der Waals surface area contributed by atoms with Crippen LogP contribution in [0.25, 0.3) is 0 Å². The van der Waals surface area contributed by atoms with Crippen molar-refractivity contribution in [1.82, 2.24) is 10.6 Å². The molecule has 0 aromatic heterocycles. The standard InChI is InChI=1S/C7H16N2O3/c1-3-5(10)8-7(12)9-6(11)4-2/h5-6,10-11H,3-4H2,1-2H3,(H2,8,9,12). The number of aliphatic hydroxyl groups excluding tert-OH is 2. The molecule has 0 saturated carbocycles. The van der Waals surface area contributed by atoms with E-state index in [9.17, 15) is 4.79 Å². The van der Waals surface area contributed by atoms with Crippen molar-refractivity contribution in [3.8, 4) is 0 Å². The van der Waals surface area contributed by atoms with Gasteiger partial charge in [-0.05, 0) is 12.8 Å². The maximum Gasteiger partial charge on any atom is 0.318 e. The minimum absolute atomic E-state index is 0.440. The van der Waals surface area contributed by atoms with E-state index in [1.165, 1.54) is 0 Å². The average molecular weight is 176 g/mol. The van der Waals surface area contributed by atoms with Crippen LogP contribution in [0.3, 0.4) is 0 Å². The van der Waals surface area contributed by atoms with Gasteiger partial charge in [0, 0.05) is 0 Å². The summed E-state index contributed by atoms with van der Waals surface area (Å²) >= 11 is 0. The number of hydrogen-bond acceptors (Lipinski definition) is 3. The molecule has 0 fully saturated rings. The zero-order chi connectivity index (χ0) is 9.56. The van der Waals surface area contributed by atoms with E-state index in [-0.39, 0.29) is 0 Å². The number of hydrogen-bond donors (Lipinski definition) is 4. The van der Waals surface area contributed by atoms with Crippen LogP contribution >= 0.6 is 0 Å². The lowest BCUT2D eigenvalue weighted by atomic mass is 10.4. The monoisotopic (exact) mass is 176 g/mol. The summed E-state index contributed by atoms with van der Waals surface area (Å²) in [5, 5.41) is 22.4. The van der Waals surface area contributed by atoms with E-state index in [2.05, 4.69) is 10.6 Å². The van der Waals surface area contributed by atoms with Gasteiger partial charge in [-0.15, -0.1) is 0 Å². The predicted molar refractivity (Wildman–Crippen MR) is 44.3 cm³/mol. The van der Waals surface area contributed by atoms with Gasteiger partial charge >= 0.3 is 6.03 Å². The van der Waals surface area contributed by atoms with Crippen molar-refractivity contribution in [2.45, 2.75) is 39.1 Å². The van der Waals surface area contributed by atoms with Crippen molar-refractivity contribution < 1.29 is 15.0 Å². The van der Waals surface area contributed by atoms with Crippen molar-refractivity contribution in [1.29, 1.82) is 0 Å². The summed E-state index contributed by atoms with van der Waals surface area (Å²) in [5.41, 5.74) is 0. The van der Waals surface area contributed by atoms with Gasteiger partial charge in [0.15, 0.2) is 0 Å². The van der Waals surface area contributed by atoms with Crippen molar-refractivity contribution >= 4 is 6.03 Å². The Morgan fingerprint density at radius 2 is 1.50 bits per heavy atom. The van der Waals surface area contributed by atoms with Gasteiger partial charge in [0.1, 0.15) is 12.5 Å². The second kappa shape index (κ2) is 5.79. The molecule has 12 heavy (non-hydrogen) atoms. The first-order valence-corrected chi connectivity index (χ1v) is 4.03. The number of urea groups is 1. The van der Waals surface area contributed by atoms with Gasteiger partial charge in [0.25, 0.3) is 0 Å². The topological polar surface area (TPSA) is 81.6 Å². The molecule has 0 rings (SSSR count). The molecule has 0 radical (unpaired) electrons. The molecule has 0 aliphatic rings. The predicted octanol–water partition coefficient (Wildman–Crippen LogP) is -0.258. The molecule has 0 aromatic carbocycles. The van der Waals surface area contributed by atoms with E-state index in [1.54, 1.807) is 13.8 Å². The lowest BCUT2D eigenvalue weighted by Gasteiger charge is -2.14. The summed E-state index contributed by atoms with van der Waals surface area (Å²) in [7, 11) is 0. The Bertz CT molecular complexity index is 127. The van der Waals surface area contributed by atoms with Crippen molar-refractivity contribution in [3.05, 3.63) is 0 Å². The molecule has 0 aromatic rings. The molecule has 0 saturated heterocycles. The molecule has 2 amide bonds. The molecule has 4 N–H and O–H groups in total. The Kier molecular flexibility index (Phi) is 5.40. The lowest BCUT2D eigenvalue weighted by molar-refractivity contribution is 0.114. The van der Waals surface area contributed by atoms with Crippen molar-refractivity contribution in [3.63, 3.8) is 0 Å². The first kappa shape index (κ1) is 11.2. The summed E-state index contributed by atoms with van der Waals surface area (Å²) < 4.78 is 0. The lowest BCUT2D eigenvalue weighted by Crippen LogP contribution is -2.45. The summed E-state index contributed by atoms with van der Waals surface area (Å²) in [6.45, 7) is 3.47. The quantitative estimate of drug-likeness (QED) is 0.445. The number of aliphatic hydroxyl groups is 2. The van der Waals surface area contributed by atoms with Crippen LogP contribution in [-0.2, 0) is 0 Å². The van der Waals surface area contributed by atoms with Crippen LogP contribution in [-0.4, -0.2) is 28.7 Å². The van der Waals surface area contributed by atoms with Gasteiger partial charge in [0.05, 0.1) is 0 Å². The highest BCUT2D eigenvalue weighted by Crippen LogP contribution is 1.86. The van der Waals surface area contributed by atoms with E-state index >= 15 is 0 Å². The minimum Gasteiger partial charge on any atom is -0.374 e. The third kappa shape index (κ3) is 4.92. The SMILES string of the molecule is CCC(O)NC(=O)NC(O)CC. The van der Waals surface area contributed by atoms with Crippen LogP contribution in [0.15, 0.2) is 0 Å². The van der Waals surface area contributed by atoms with E-state index in [0.29, 0.717) is 12.8 Å². The third-order valence-corrected chi connectivity index (χ3v) is 1.37. The molecule has 5 nitrogen and oxygen atoms in total. The summed E-state index contributed by atoms with van der Waals surface area (Å²) in [6, 6.07) is -0.557. The normalized spacial score (nSPS) is 15.0. The number of amides is 2. The van der Waals surface area contributed by atoms with Crippen LogP contribution in [0.2, 0.25) is 0 Å². The minimum atomic E-state index is -0.853. The maximum atomic E-state index is 10.8. The first-order valence-electron chi connectivity index (χ1n) is 4.03. The van der Waals surface area contributed by atoms with Crippen LogP contribution in [0.5, 0.6) is 0 Å².